The zero-order valence-corrected chi connectivity index (χ0v) is 18.1. The minimum atomic E-state index is -0.0527. The maximum atomic E-state index is 12.7. The van der Waals surface area contributed by atoms with Crippen molar-refractivity contribution in [1.29, 1.82) is 0 Å². The number of hydrogen-bond acceptors (Lipinski definition) is 3. The fourth-order valence-corrected chi connectivity index (χ4v) is 3.23. The van der Waals surface area contributed by atoms with Gasteiger partial charge in [0.1, 0.15) is 12.4 Å². The second-order valence-electron chi connectivity index (χ2n) is 6.38. The number of carbonyl (C=O) groups is 1. The molecule has 1 aromatic heterocycles. The van der Waals surface area contributed by atoms with Crippen LogP contribution < -0.4 is 4.74 Å². The molecule has 146 valence electrons. The van der Waals surface area contributed by atoms with Crippen LogP contribution in [-0.2, 0) is 19.7 Å². The molecule has 1 amide bonds. The second-order valence-corrected chi connectivity index (χ2v) is 7.67. The van der Waals surface area contributed by atoms with Crippen molar-refractivity contribution in [3.05, 3.63) is 81.0 Å². The van der Waals surface area contributed by atoms with Gasteiger partial charge in [-0.15, -0.1) is 0 Å². The number of amides is 1. The SMILES string of the molecule is CCn1cc(Br)c(CN(C)C(=O)c2ccc(COc3ccc(Cl)cc3)cc2)n1. The highest BCUT2D eigenvalue weighted by Gasteiger charge is 2.15. The van der Waals surface area contributed by atoms with Crippen LogP contribution in [0.15, 0.2) is 59.2 Å². The van der Waals surface area contributed by atoms with Gasteiger partial charge in [0.05, 0.1) is 16.7 Å². The molecule has 3 aromatic rings. The minimum absolute atomic E-state index is 0.0527. The third kappa shape index (κ3) is 5.14. The van der Waals surface area contributed by atoms with Gasteiger partial charge in [0, 0.05) is 30.4 Å². The summed E-state index contributed by atoms with van der Waals surface area (Å²) in [4.78, 5) is 14.4. The second kappa shape index (κ2) is 9.26. The number of hydrogen-bond donors (Lipinski definition) is 0. The summed E-state index contributed by atoms with van der Waals surface area (Å²) in [5.74, 6) is 0.699. The largest absolute Gasteiger partial charge is 0.489 e. The molecule has 0 aliphatic carbocycles. The average molecular weight is 463 g/mol. The molecule has 0 fully saturated rings. The highest BCUT2D eigenvalue weighted by Crippen LogP contribution is 2.19. The van der Waals surface area contributed by atoms with Gasteiger partial charge in [-0.05, 0) is 64.8 Å². The number of nitrogens with zero attached hydrogens (tertiary/aromatic N) is 3. The summed E-state index contributed by atoms with van der Waals surface area (Å²) in [7, 11) is 1.78. The lowest BCUT2D eigenvalue weighted by molar-refractivity contribution is 0.0783. The smallest absolute Gasteiger partial charge is 0.253 e. The topological polar surface area (TPSA) is 47.4 Å². The predicted molar refractivity (Wildman–Crippen MR) is 114 cm³/mol. The van der Waals surface area contributed by atoms with Gasteiger partial charge < -0.3 is 9.64 Å². The van der Waals surface area contributed by atoms with Gasteiger partial charge in [0.25, 0.3) is 5.91 Å². The van der Waals surface area contributed by atoms with Crippen LogP contribution in [0.4, 0.5) is 0 Å². The molecule has 0 aliphatic heterocycles. The van der Waals surface area contributed by atoms with Gasteiger partial charge in [-0.25, -0.2) is 0 Å². The number of halogens is 2. The molecule has 0 spiro atoms. The zero-order chi connectivity index (χ0) is 20.1. The first kappa shape index (κ1) is 20.4. The van der Waals surface area contributed by atoms with E-state index in [-0.39, 0.29) is 5.91 Å². The Morgan fingerprint density at radius 1 is 1.18 bits per heavy atom. The summed E-state index contributed by atoms with van der Waals surface area (Å²) in [5.41, 5.74) is 2.45. The number of carbonyl (C=O) groups excluding carboxylic acids is 1. The lowest BCUT2D eigenvalue weighted by Gasteiger charge is -2.16. The molecule has 1 heterocycles. The summed E-state index contributed by atoms with van der Waals surface area (Å²) in [6, 6.07) is 14.7. The number of ether oxygens (including phenoxy) is 1. The standard InChI is InChI=1S/C21H21BrClN3O2/c1-3-26-12-19(22)20(24-26)13-25(2)21(27)16-6-4-15(5-7-16)14-28-18-10-8-17(23)9-11-18/h4-12H,3,13-14H2,1-2H3. The van der Waals surface area contributed by atoms with Crippen LogP contribution in [-0.4, -0.2) is 27.6 Å². The van der Waals surface area contributed by atoms with Crippen LogP contribution in [0.3, 0.4) is 0 Å². The molecule has 0 saturated carbocycles. The van der Waals surface area contributed by atoms with E-state index in [2.05, 4.69) is 21.0 Å². The van der Waals surface area contributed by atoms with Crippen molar-refractivity contribution < 1.29 is 9.53 Å². The molecule has 0 saturated heterocycles. The van der Waals surface area contributed by atoms with E-state index in [1.54, 1.807) is 24.1 Å². The first-order valence-electron chi connectivity index (χ1n) is 8.91. The summed E-state index contributed by atoms with van der Waals surface area (Å²) in [6.07, 6.45) is 1.92. The van der Waals surface area contributed by atoms with Crippen molar-refractivity contribution in [3.8, 4) is 5.75 Å². The van der Waals surface area contributed by atoms with Crippen molar-refractivity contribution in [2.75, 3.05) is 7.05 Å². The fraction of sp³-hybridized carbons (Fsp3) is 0.238. The molecule has 28 heavy (non-hydrogen) atoms. The van der Waals surface area contributed by atoms with E-state index in [0.29, 0.717) is 23.7 Å². The molecule has 0 atom stereocenters. The third-order valence-electron chi connectivity index (χ3n) is 4.26. The molecule has 0 N–H and O–H groups in total. The number of aryl methyl sites for hydroxylation is 1. The third-order valence-corrected chi connectivity index (χ3v) is 5.18. The Labute approximate surface area is 178 Å². The van der Waals surface area contributed by atoms with Gasteiger partial charge >= 0.3 is 0 Å². The number of benzene rings is 2. The van der Waals surface area contributed by atoms with E-state index in [1.807, 2.05) is 54.2 Å². The minimum Gasteiger partial charge on any atom is -0.489 e. The summed E-state index contributed by atoms with van der Waals surface area (Å²) in [5, 5.41) is 5.14. The molecular weight excluding hydrogens is 442 g/mol. The van der Waals surface area contributed by atoms with E-state index in [0.717, 1.165) is 28.0 Å². The summed E-state index contributed by atoms with van der Waals surface area (Å²) in [6.45, 7) is 3.67. The van der Waals surface area contributed by atoms with E-state index in [4.69, 9.17) is 16.3 Å². The Kier molecular flexibility index (Phi) is 6.75. The maximum Gasteiger partial charge on any atom is 0.253 e. The highest BCUT2D eigenvalue weighted by molar-refractivity contribution is 9.10. The van der Waals surface area contributed by atoms with Gasteiger partial charge in [-0.2, -0.15) is 5.10 Å². The number of rotatable bonds is 7. The molecule has 0 radical (unpaired) electrons. The zero-order valence-electron chi connectivity index (χ0n) is 15.7. The fourth-order valence-electron chi connectivity index (χ4n) is 2.66. The van der Waals surface area contributed by atoms with E-state index in [9.17, 15) is 4.79 Å². The molecular formula is C21H21BrClN3O2. The van der Waals surface area contributed by atoms with Crippen LogP contribution >= 0.6 is 27.5 Å². The molecule has 2 aromatic carbocycles. The van der Waals surface area contributed by atoms with Crippen LogP contribution in [0.25, 0.3) is 0 Å². The molecule has 0 unspecified atom stereocenters. The van der Waals surface area contributed by atoms with Crippen LogP contribution in [0.5, 0.6) is 5.75 Å². The maximum absolute atomic E-state index is 12.7. The van der Waals surface area contributed by atoms with Crippen molar-refractivity contribution in [3.63, 3.8) is 0 Å². The monoisotopic (exact) mass is 461 g/mol. The first-order valence-corrected chi connectivity index (χ1v) is 10.1. The Hall–Kier alpha value is -2.31. The van der Waals surface area contributed by atoms with Crippen molar-refractivity contribution in [2.45, 2.75) is 26.6 Å². The molecule has 5 nitrogen and oxygen atoms in total. The Morgan fingerprint density at radius 3 is 2.46 bits per heavy atom. The first-order chi connectivity index (χ1) is 13.5. The van der Waals surface area contributed by atoms with E-state index < -0.39 is 0 Å². The predicted octanol–water partition coefficient (Wildman–Crippen LogP) is 5.17. The van der Waals surface area contributed by atoms with Crippen molar-refractivity contribution in [2.24, 2.45) is 0 Å². The van der Waals surface area contributed by atoms with Crippen LogP contribution in [0, 0.1) is 0 Å². The van der Waals surface area contributed by atoms with E-state index >= 15 is 0 Å². The van der Waals surface area contributed by atoms with Gasteiger partial charge in [0.2, 0.25) is 0 Å². The van der Waals surface area contributed by atoms with Gasteiger partial charge in [-0.1, -0.05) is 23.7 Å². The normalized spacial score (nSPS) is 10.7. The Balaban J connectivity index is 1.59. The molecule has 7 heteroatoms. The Bertz CT molecular complexity index is 939. The lowest BCUT2D eigenvalue weighted by atomic mass is 10.1. The molecule has 0 bridgehead atoms. The number of aromatic nitrogens is 2. The summed E-state index contributed by atoms with van der Waals surface area (Å²) >= 11 is 9.37. The van der Waals surface area contributed by atoms with Gasteiger partial charge in [-0.3, -0.25) is 9.48 Å². The molecule has 0 aliphatic rings. The Morgan fingerprint density at radius 2 is 1.86 bits per heavy atom. The summed E-state index contributed by atoms with van der Waals surface area (Å²) < 4.78 is 8.48. The lowest BCUT2D eigenvalue weighted by Crippen LogP contribution is -2.26. The van der Waals surface area contributed by atoms with Gasteiger partial charge in [0.15, 0.2) is 0 Å². The quantitative estimate of drug-likeness (QED) is 0.487. The van der Waals surface area contributed by atoms with Crippen LogP contribution in [0.2, 0.25) is 5.02 Å². The van der Waals surface area contributed by atoms with E-state index in [1.165, 1.54) is 0 Å². The van der Waals surface area contributed by atoms with Crippen LogP contribution in [0.1, 0.15) is 28.5 Å². The molecule has 3 rings (SSSR count). The van der Waals surface area contributed by atoms with Crippen molar-refractivity contribution in [1.82, 2.24) is 14.7 Å². The average Bonchev–Trinajstić information content (AvgIpc) is 3.07. The van der Waals surface area contributed by atoms with Crippen molar-refractivity contribution >= 4 is 33.4 Å². The highest BCUT2D eigenvalue weighted by atomic mass is 79.9.